The van der Waals surface area contributed by atoms with Crippen LogP contribution in [-0.4, -0.2) is 13.2 Å². The molecular formula is C16H19NO. The van der Waals surface area contributed by atoms with Crippen LogP contribution in [0.15, 0.2) is 36.4 Å². The minimum Gasteiger partial charge on any atom is -0.494 e. The summed E-state index contributed by atoms with van der Waals surface area (Å²) in [4.78, 5) is 0. The summed E-state index contributed by atoms with van der Waals surface area (Å²) >= 11 is 0. The van der Waals surface area contributed by atoms with Crippen molar-refractivity contribution in [3.8, 4) is 5.75 Å². The number of nitrogens with one attached hydrogen (secondary N) is 1. The molecule has 1 aliphatic heterocycles. The zero-order valence-corrected chi connectivity index (χ0v) is 10.8. The fraction of sp³-hybridized carbons (Fsp3) is 0.375. The van der Waals surface area contributed by atoms with Crippen molar-refractivity contribution in [1.82, 2.24) is 5.32 Å². The lowest BCUT2D eigenvalue weighted by Crippen LogP contribution is -2.14. The van der Waals surface area contributed by atoms with Crippen LogP contribution in [0.4, 0.5) is 0 Å². The first-order valence-electron chi connectivity index (χ1n) is 6.78. The zero-order valence-electron chi connectivity index (χ0n) is 10.8. The molecule has 0 saturated carbocycles. The van der Waals surface area contributed by atoms with Gasteiger partial charge in [0.15, 0.2) is 0 Å². The maximum Gasteiger partial charge on any atom is 0.124 e. The van der Waals surface area contributed by atoms with Crippen molar-refractivity contribution in [2.24, 2.45) is 0 Å². The summed E-state index contributed by atoms with van der Waals surface area (Å²) in [5.74, 6) is 1.04. The Morgan fingerprint density at radius 2 is 2.11 bits per heavy atom. The Kier molecular flexibility index (Phi) is 3.20. The first-order chi connectivity index (χ1) is 8.90. The molecule has 0 spiro atoms. The highest BCUT2D eigenvalue weighted by Gasteiger charge is 2.22. The second kappa shape index (κ2) is 4.99. The van der Waals surface area contributed by atoms with Crippen LogP contribution < -0.4 is 10.1 Å². The molecule has 0 amide bonds. The quantitative estimate of drug-likeness (QED) is 0.885. The van der Waals surface area contributed by atoms with E-state index in [1.165, 1.54) is 29.2 Å². The van der Waals surface area contributed by atoms with Gasteiger partial charge in [-0.3, -0.25) is 0 Å². The average molecular weight is 241 g/mol. The molecule has 0 unspecified atom stereocenters. The molecule has 1 N–H and O–H groups in total. The standard InChI is InChI=1S/C16H19NO/c1-2-18-15-10-9-12-6-3-4-7-13(12)16(15)14-8-5-11-17-14/h3-4,6-7,9-10,14,17H,2,5,8,11H2,1H3/t14-/m0/s1. The first kappa shape index (κ1) is 11.5. The molecular weight excluding hydrogens is 222 g/mol. The Labute approximate surface area is 108 Å². The second-order valence-electron chi connectivity index (χ2n) is 4.78. The molecule has 0 aromatic heterocycles. The smallest absolute Gasteiger partial charge is 0.124 e. The Hall–Kier alpha value is -1.54. The zero-order chi connectivity index (χ0) is 12.4. The van der Waals surface area contributed by atoms with E-state index in [-0.39, 0.29) is 0 Å². The molecule has 2 nitrogen and oxygen atoms in total. The van der Waals surface area contributed by atoms with Gasteiger partial charge in [-0.25, -0.2) is 0 Å². The summed E-state index contributed by atoms with van der Waals surface area (Å²) in [6, 6.07) is 13.3. The number of fused-ring (bicyclic) bond motifs is 1. The van der Waals surface area contributed by atoms with Crippen molar-refractivity contribution in [3.05, 3.63) is 42.0 Å². The Bertz CT molecular complexity index is 544. The van der Waals surface area contributed by atoms with Crippen LogP contribution in [-0.2, 0) is 0 Å². The summed E-state index contributed by atoms with van der Waals surface area (Å²) < 4.78 is 5.82. The third-order valence-electron chi connectivity index (χ3n) is 3.64. The molecule has 1 atom stereocenters. The summed E-state index contributed by atoms with van der Waals surface area (Å²) in [7, 11) is 0. The Morgan fingerprint density at radius 3 is 2.89 bits per heavy atom. The molecule has 1 heterocycles. The van der Waals surface area contributed by atoms with E-state index in [0.29, 0.717) is 6.04 Å². The topological polar surface area (TPSA) is 21.3 Å². The van der Waals surface area contributed by atoms with Crippen LogP contribution in [0.3, 0.4) is 0 Å². The van der Waals surface area contributed by atoms with Gasteiger partial charge < -0.3 is 10.1 Å². The van der Waals surface area contributed by atoms with Crippen LogP contribution in [0, 0.1) is 0 Å². The number of rotatable bonds is 3. The van der Waals surface area contributed by atoms with Gasteiger partial charge in [0.05, 0.1) is 6.61 Å². The van der Waals surface area contributed by atoms with Gasteiger partial charge in [0.25, 0.3) is 0 Å². The van der Waals surface area contributed by atoms with Gasteiger partial charge in [0, 0.05) is 11.6 Å². The molecule has 18 heavy (non-hydrogen) atoms. The van der Waals surface area contributed by atoms with Crippen molar-refractivity contribution in [1.29, 1.82) is 0 Å². The van der Waals surface area contributed by atoms with E-state index in [1.807, 2.05) is 6.92 Å². The lowest BCUT2D eigenvalue weighted by atomic mass is 9.96. The number of benzene rings is 2. The maximum atomic E-state index is 5.82. The minimum atomic E-state index is 0.442. The molecule has 1 aliphatic rings. The normalized spacial score (nSPS) is 19.3. The van der Waals surface area contributed by atoms with E-state index in [9.17, 15) is 0 Å². The van der Waals surface area contributed by atoms with Crippen LogP contribution in [0.1, 0.15) is 31.4 Å². The summed E-state index contributed by atoms with van der Waals surface area (Å²) in [6.45, 7) is 3.87. The van der Waals surface area contributed by atoms with Crippen molar-refractivity contribution in [3.63, 3.8) is 0 Å². The van der Waals surface area contributed by atoms with Gasteiger partial charge >= 0.3 is 0 Å². The summed E-state index contributed by atoms with van der Waals surface area (Å²) in [5.41, 5.74) is 1.34. The Morgan fingerprint density at radius 1 is 1.22 bits per heavy atom. The summed E-state index contributed by atoms with van der Waals surface area (Å²) in [6.07, 6.45) is 2.45. The number of hydrogen-bond donors (Lipinski definition) is 1. The molecule has 2 heteroatoms. The molecule has 94 valence electrons. The maximum absolute atomic E-state index is 5.82. The molecule has 2 aromatic carbocycles. The van der Waals surface area contributed by atoms with E-state index in [1.54, 1.807) is 0 Å². The summed E-state index contributed by atoms with van der Waals surface area (Å²) in [5, 5.41) is 6.20. The molecule has 1 fully saturated rings. The van der Waals surface area contributed by atoms with Crippen molar-refractivity contribution < 1.29 is 4.74 Å². The Balaban J connectivity index is 2.17. The highest BCUT2D eigenvalue weighted by molar-refractivity contribution is 5.88. The lowest BCUT2D eigenvalue weighted by molar-refractivity contribution is 0.334. The van der Waals surface area contributed by atoms with Gasteiger partial charge in [0.2, 0.25) is 0 Å². The highest BCUT2D eigenvalue weighted by atomic mass is 16.5. The minimum absolute atomic E-state index is 0.442. The van der Waals surface area contributed by atoms with Crippen LogP contribution in [0.5, 0.6) is 5.75 Å². The van der Waals surface area contributed by atoms with Gasteiger partial charge in [0.1, 0.15) is 5.75 Å². The second-order valence-corrected chi connectivity index (χ2v) is 4.78. The highest BCUT2D eigenvalue weighted by Crippen LogP contribution is 2.36. The molecule has 1 saturated heterocycles. The van der Waals surface area contributed by atoms with Crippen LogP contribution in [0.25, 0.3) is 10.8 Å². The fourth-order valence-electron chi connectivity index (χ4n) is 2.85. The van der Waals surface area contributed by atoms with Gasteiger partial charge in [-0.2, -0.15) is 0 Å². The van der Waals surface area contributed by atoms with Crippen molar-refractivity contribution in [2.45, 2.75) is 25.8 Å². The van der Waals surface area contributed by atoms with E-state index >= 15 is 0 Å². The third kappa shape index (κ3) is 1.97. The lowest BCUT2D eigenvalue weighted by Gasteiger charge is -2.18. The molecule has 0 radical (unpaired) electrons. The largest absolute Gasteiger partial charge is 0.494 e. The van der Waals surface area contributed by atoms with E-state index in [0.717, 1.165) is 18.9 Å². The van der Waals surface area contributed by atoms with Crippen LogP contribution >= 0.6 is 0 Å². The van der Waals surface area contributed by atoms with E-state index in [4.69, 9.17) is 4.74 Å². The first-order valence-corrected chi connectivity index (χ1v) is 6.78. The monoisotopic (exact) mass is 241 g/mol. The van der Waals surface area contributed by atoms with Gasteiger partial charge in [-0.05, 0) is 43.1 Å². The predicted octanol–water partition coefficient (Wildman–Crippen LogP) is 3.66. The molecule has 2 aromatic rings. The molecule has 0 bridgehead atoms. The molecule has 3 rings (SSSR count). The average Bonchev–Trinajstić information content (AvgIpc) is 2.92. The SMILES string of the molecule is CCOc1ccc2ccccc2c1[C@@H]1CCCN1. The fourth-order valence-corrected chi connectivity index (χ4v) is 2.85. The predicted molar refractivity (Wildman–Crippen MR) is 75.1 cm³/mol. The van der Waals surface area contributed by atoms with Gasteiger partial charge in [-0.15, -0.1) is 0 Å². The number of ether oxygens (including phenoxy) is 1. The van der Waals surface area contributed by atoms with E-state index in [2.05, 4.69) is 41.7 Å². The van der Waals surface area contributed by atoms with Crippen molar-refractivity contribution in [2.75, 3.05) is 13.2 Å². The number of hydrogen-bond acceptors (Lipinski definition) is 2. The van der Waals surface area contributed by atoms with Gasteiger partial charge in [-0.1, -0.05) is 30.3 Å². The van der Waals surface area contributed by atoms with E-state index < -0.39 is 0 Å². The third-order valence-corrected chi connectivity index (χ3v) is 3.64. The molecule has 0 aliphatic carbocycles. The van der Waals surface area contributed by atoms with Crippen LogP contribution in [0.2, 0.25) is 0 Å². The van der Waals surface area contributed by atoms with Crippen molar-refractivity contribution >= 4 is 10.8 Å².